The van der Waals surface area contributed by atoms with Gasteiger partial charge in [-0.3, -0.25) is 0 Å². The summed E-state index contributed by atoms with van der Waals surface area (Å²) in [6.45, 7) is 6.78. The quantitative estimate of drug-likeness (QED) is 0.720. The molecule has 0 saturated carbocycles. The predicted octanol–water partition coefficient (Wildman–Crippen LogP) is 4.53. The van der Waals surface area contributed by atoms with Gasteiger partial charge in [0.15, 0.2) is 10.2 Å². The smallest absolute Gasteiger partial charge is 0.187 e. The van der Waals surface area contributed by atoms with Crippen molar-refractivity contribution in [3.63, 3.8) is 0 Å². The first-order valence-electron chi connectivity index (χ1n) is 5.73. The van der Waals surface area contributed by atoms with Crippen molar-refractivity contribution < 1.29 is 4.42 Å². The Kier molecular flexibility index (Phi) is 5.09. The number of oxazole rings is 1. The maximum absolute atomic E-state index is 5.31. The second kappa shape index (κ2) is 5.87. The molecule has 0 aliphatic heterocycles. The summed E-state index contributed by atoms with van der Waals surface area (Å²) >= 11 is 2.24. The number of hydrogen-bond donors (Lipinski definition) is 0. The summed E-state index contributed by atoms with van der Waals surface area (Å²) in [5.41, 5.74) is 1.35. The molecule has 0 aromatic carbocycles. The van der Waals surface area contributed by atoms with Gasteiger partial charge in [0.2, 0.25) is 0 Å². The summed E-state index contributed by atoms with van der Waals surface area (Å²) in [6, 6.07) is 0. The second-order valence-corrected chi connectivity index (χ2v) is 5.37. The molecular weight excluding hydrogens is 301 g/mol. The van der Waals surface area contributed by atoms with Gasteiger partial charge < -0.3 is 4.42 Å². The first kappa shape index (κ1) is 13.0. The summed E-state index contributed by atoms with van der Waals surface area (Å²) in [6.07, 6.45) is 7.67. The fourth-order valence-corrected chi connectivity index (χ4v) is 3.01. The second-order valence-electron chi connectivity index (χ2n) is 4.39. The maximum Gasteiger partial charge on any atom is 0.187 e. The van der Waals surface area contributed by atoms with E-state index < -0.39 is 0 Å². The Hall–Kier alpha value is -0.0600. The first-order valence-corrected chi connectivity index (χ1v) is 6.81. The van der Waals surface area contributed by atoms with E-state index in [0.29, 0.717) is 0 Å². The highest BCUT2D eigenvalue weighted by Crippen LogP contribution is 2.35. The number of unbranched alkanes of at least 4 members (excludes halogenated alkanes) is 1. The molecule has 1 heterocycles. The van der Waals surface area contributed by atoms with Crippen molar-refractivity contribution in [3.8, 4) is 0 Å². The fraction of sp³-hybridized carbons (Fsp3) is 0.750. The third kappa shape index (κ3) is 3.20. The van der Waals surface area contributed by atoms with Crippen molar-refractivity contribution >= 4 is 22.6 Å². The Bertz CT molecular complexity index is 298. The number of rotatable bonds is 6. The average molecular weight is 321 g/mol. The zero-order chi connectivity index (χ0) is 11.3. The van der Waals surface area contributed by atoms with Crippen LogP contribution < -0.4 is 0 Å². The molecule has 0 spiro atoms. The van der Waals surface area contributed by atoms with Gasteiger partial charge in [-0.2, -0.15) is 0 Å². The average Bonchev–Trinajstić information content (AvgIpc) is 2.62. The summed E-state index contributed by atoms with van der Waals surface area (Å²) in [7, 11) is 0. The van der Waals surface area contributed by atoms with Crippen LogP contribution in [0.4, 0.5) is 0 Å². The standard InChI is InChI=1S/C12H20INO/c1-4-6-8-12(3,7-5-2)10-11(13)15-9-14-10/h9H,4-8H2,1-3H3. The first-order chi connectivity index (χ1) is 7.14. The topological polar surface area (TPSA) is 26.0 Å². The molecule has 0 fully saturated rings. The van der Waals surface area contributed by atoms with Crippen LogP contribution >= 0.6 is 22.6 Å². The monoisotopic (exact) mass is 321 g/mol. The largest absolute Gasteiger partial charge is 0.437 e. The molecule has 1 atom stereocenters. The molecule has 0 bridgehead atoms. The lowest BCUT2D eigenvalue weighted by molar-refractivity contribution is 0.368. The van der Waals surface area contributed by atoms with Gasteiger partial charge in [-0.25, -0.2) is 4.98 Å². The van der Waals surface area contributed by atoms with Gasteiger partial charge in [-0.1, -0.05) is 40.0 Å². The zero-order valence-corrected chi connectivity index (χ0v) is 12.0. The van der Waals surface area contributed by atoms with E-state index in [-0.39, 0.29) is 5.41 Å². The van der Waals surface area contributed by atoms with Crippen molar-refractivity contribution in [2.45, 2.75) is 58.3 Å². The molecule has 0 amide bonds. The summed E-state index contributed by atoms with van der Waals surface area (Å²) in [4.78, 5) is 4.39. The third-order valence-electron chi connectivity index (χ3n) is 2.98. The Balaban J connectivity index is 2.85. The highest BCUT2D eigenvalue weighted by atomic mass is 127. The van der Waals surface area contributed by atoms with Gasteiger partial charge in [-0.05, 0) is 12.8 Å². The van der Waals surface area contributed by atoms with E-state index in [1.807, 2.05) is 0 Å². The Morgan fingerprint density at radius 1 is 1.33 bits per heavy atom. The molecule has 0 aliphatic rings. The normalized spacial score (nSPS) is 15.2. The molecule has 86 valence electrons. The highest BCUT2D eigenvalue weighted by molar-refractivity contribution is 14.1. The van der Waals surface area contributed by atoms with Crippen LogP contribution in [0.25, 0.3) is 0 Å². The minimum atomic E-state index is 0.203. The molecule has 0 saturated heterocycles. The molecule has 1 rings (SSSR count). The van der Waals surface area contributed by atoms with Gasteiger partial charge in [0.05, 0.1) is 5.69 Å². The number of hydrogen-bond acceptors (Lipinski definition) is 2. The zero-order valence-electron chi connectivity index (χ0n) is 9.85. The molecule has 0 aliphatic carbocycles. The SMILES string of the molecule is CCCCC(C)(CCC)c1ncoc1I. The van der Waals surface area contributed by atoms with E-state index in [1.165, 1.54) is 32.1 Å². The van der Waals surface area contributed by atoms with Crippen molar-refractivity contribution in [1.82, 2.24) is 4.98 Å². The van der Waals surface area contributed by atoms with Gasteiger partial charge in [-0.15, -0.1) is 0 Å². The Labute approximate surface area is 106 Å². The van der Waals surface area contributed by atoms with Crippen molar-refractivity contribution in [1.29, 1.82) is 0 Å². The van der Waals surface area contributed by atoms with Crippen LogP contribution in [0.5, 0.6) is 0 Å². The lowest BCUT2D eigenvalue weighted by atomic mass is 9.78. The van der Waals surface area contributed by atoms with E-state index in [9.17, 15) is 0 Å². The van der Waals surface area contributed by atoms with E-state index in [1.54, 1.807) is 6.39 Å². The van der Waals surface area contributed by atoms with Crippen LogP contribution in [0.2, 0.25) is 0 Å². The highest BCUT2D eigenvalue weighted by Gasteiger charge is 2.30. The van der Waals surface area contributed by atoms with Crippen LogP contribution in [-0.4, -0.2) is 4.98 Å². The van der Waals surface area contributed by atoms with Crippen LogP contribution in [0.3, 0.4) is 0 Å². The minimum Gasteiger partial charge on any atom is -0.437 e. The maximum atomic E-state index is 5.31. The molecule has 2 nitrogen and oxygen atoms in total. The molecule has 3 heteroatoms. The van der Waals surface area contributed by atoms with E-state index in [4.69, 9.17) is 4.42 Å². The van der Waals surface area contributed by atoms with Crippen LogP contribution in [-0.2, 0) is 5.41 Å². The van der Waals surface area contributed by atoms with E-state index >= 15 is 0 Å². The lowest BCUT2D eigenvalue weighted by Gasteiger charge is -2.27. The molecular formula is C12H20INO. The van der Waals surface area contributed by atoms with Crippen molar-refractivity contribution in [2.24, 2.45) is 0 Å². The van der Waals surface area contributed by atoms with E-state index in [2.05, 4.69) is 48.3 Å². The number of halogens is 1. The third-order valence-corrected chi connectivity index (χ3v) is 3.74. The van der Waals surface area contributed by atoms with Gasteiger partial charge in [0, 0.05) is 28.0 Å². The molecule has 1 aromatic heterocycles. The summed E-state index contributed by atoms with van der Waals surface area (Å²) < 4.78 is 6.27. The molecule has 1 aromatic rings. The molecule has 0 radical (unpaired) electrons. The summed E-state index contributed by atoms with van der Waals surface area (Å²) in [5.74, 6) is 0. The van der Waals surface area contributed by atoms with Gasteiger partial charge in [0.1, 0.15) is 0 Å². The predicted molar refractivity (Wildman–Crippen MR) is 71.0 cm³/mol. The molecule has 1 unspecified atom stereocenters. The van der Waals surface area contributed by atoms with Gasteiger partial charge >= 0.3 is 0 Å². The summed E-state index contributed by atoms with van der Waals surface area (Å²) in [5, 5.41) is 0. The van der Waals surface area contributed by atoms with Crippen LogP contribution in [0.15, 0.2) is 10.8 Å². The fourth-order valence-electron chi connectivity index (χ4n) is 2.11. The van der Waals surface area contributed by atoms with Crippen LogP contribution in [0.1, 0.15) is 58.6 Å². The van der Waals surface area contributed by atoms with Crippen molar-refractivity contribution in [3.05, 3.63) is 15.9 Å². The van der Waals surface area contributed by atoms with Crippen molar-refractivity contribution in [2.75, 3.05) is 0 Å². The lowest BCUT2D eigenvalue weighted by Crippen LogP contribution is -2.23. The minimum absolute atomic E-state index is 0.203. The van der Waals surface area contributed by atoms with Crippen LogP contribution in [0, 0.1) is 3.77 Å². The molecule has 0 N–H and O–H groups in total. The number of aromatic nitrogens is 1. The Morgan fingerprint density at radius 3 is 2.53 bits per heavy atom. The van der Waals surface area contributed by atoms with E-state index in [0.717, 1.165) is 9.46 Å². The molecule has 15 heavy (non-hydrogen) atoms. The number of nitrogens with zero attached hydrogens (tertiary/aromatic N) is 1. The Morgan fingerprint density at radius 2 is 2.07 bits per heavy atom. The van der Waals surface area contributed by atoms with Gasteiger partial charge in [0.25, 0.3) is 0 Å².